The Morgan fingerprint density at radius 2 is 1.67 bits per heavy atom. The van der Waals surface area contributed by atoms with Crippen LogP contribution >= 0.6 is 11.6 Å². The van der Waals surface area contributed by atoms with Crippen LogP contribution in [0.2, 0.25) is 5.02 Å². The van der Waals surface area contributed by atoms with Gasteiger partial charge in [0, 0.05) is 5.02 Å². The van der Waals surface area contributed by atoms with E-state index in [0.29, 0.717) is 22.7 Å². The van der Waals surface area contributed by atoms with Crippen LogP contribution in [0, 0.1) is 13.8 Å². The van der Waals surface area contributed by atoms with Crippen LogP contribution < -0.4 is 9.62 Å². The van der Waals surface area contributed by atoms with Crippen LogP contribution in [0.5, 0.6) is 0 Å². The zero-order chi connectivity index (χ0) is 25.9. The fourth-order valence-electron chi connectivity index (χ4n) is 4.75. The largest absolute Gasteiger partial charge is 0.348 e. The first-order valence-electron chi connectivity index (χ1n) is 12.5. The van der Waals surface area contributed by atoms with E-state index in [9.17, 15) is 13.2 Å². The Balaban J connectivity index is 1.63. The number of hydrogen-bond donors (Lipinski definition) is 1. The summed E-state index contributed by atoms with van der Waals surface area (Å²) in [6.45, 7) is 5.38. The molecular formula is C29H33ClN2O3S. The highest BCUT2D eigenvalue weighted by Gasteiger charge is 2.29. The lowest BCUT2D eigenvalue weighted by atomic mass is 9.89. The van der Waals surface area contributed by atoms with Crippen LogP contribution in [-0.4, -0.2) is 20.9 Å². The monoisotopic (exact) mass is 524 g/mol. The van der Waals surface area contributed by atoms with E-state index in [2.05, 4.69) is 23.5 Å². The summed E-state index contributed by atoms with van der Waals surface area (Å²) in [6.07, 6.45) is 5.26. The van der Waals surface area contributed by atoms with Crippen LogP contribution in [0.25, 0.3) is 0 Å². The smallest absolute Gasteiger partial charge is 0.264 e. The molecule has 0 spiro atoms. The molecule has 1 aliphatic rings. The second-order valence-electron chi connectivity index (χ2n) is 9.52. The molecule has 5 nitrogen and oxygen atoms in total. The van der Waals surface area contributed by atoms with E-state index >= 15 is 0 Å². The average molecular weight is 525 g/mol. The lowest BCUT2D eigenvalue weighted by molar-refractivity contribution is -0.120. The highest BCUT2D eigenvalue weighted by molar-refractivity contribution is 7.92. The Kier molecular flexibility index (Phi) is 8.06. The first-order valence-corrected chi connectivity index (χ1v) is 14.3. The molecule has 1 aliphatic carbocycles. The molecule has 0 radical (unpaired) electrons. The fraction of sp³-hybridized carbons (Fsp3) is 0.345. The average Bonchev–Trinajstić information content (AvgIpc) is 2.87. The summed E-state index contributed by atoms with van der Waals surface area (Å²) < 4.78 is 28.6. The van der Waals surface area contributed by atoms with Crippen molar-refractivity contribution in [3.05, 3.63) is 93.5 Å². The molecule has 4 rings (SSSR count). The number of amides is 1. The van der Waals surface area contributed by atoms with Gasteiger partial charge in [0.25, 0.3) is 10.0 Å². The third kappa shape index (κ3) is 5.76. The molecule has 1 atom stereocenters. The third-order valence-corrected chi connectivity index (χ3v) is 8.86. The summed E-state index contributed by atoms with van der Waals surface area (Å²) in [5.74, 6) is -0.366. The topological polar surface area (TPSA) is 66.5 Å². The molecule has 0 bridgehead atoms. The molecule has 0 saturated carbocycles. The molecule has 0 aromatic heterocycles. The summed E-state index contributed by atoms with van der Waals surface area (Å²) in [5.41, 5.74) is 5.85. The first kappa shape index (κ1) is 26.2. The number of aryl methyl sites for hydroxylation is 4. The quantitative estimate of drug-likeness (QED) is 0.376. The van der Waals surface area contributed by atoms with Crippen molar-refractivity contribution >= 4 is 33.2 Å². The van der Waals surface area contributed by atoms with Crippen molar-refractivity contribution in [1.82, 2.24) is 5.32 Å². The lowest BCUT2D eigenvalue weighted by Gasteiger charge is -2.27. The Hall–Kier alpha value is -2.83. The van der Waals surface area contributed by atoms with Crippen LogP contribution in [0.3, 0.4) is 0 Å². The molecule has 0 saturated heterocycles. The molecule has 0 fully saturated rings. The second kappa shape index (κ2) is 11.1. The maximum Gasteiger partial charge on any atom is 0.264 e. The van der Waals surface area contributed by atoms with Crippen LogP contribution in [-0.2, 0) is 27.7 Å². The van der Waals surface area contributed by atoms with Gasteiger partial charge in [0.2, 0.25) is 5.91 Å². The van der Waals surface area contributed by atoms with Gasteiger partial charge >= 0.3 is 0 Å². The van der Waals surface area contributed by atoms with Gasteiger partial charge in [-0.2, -0.15) is 0 Å². The first-order chi connectivity index (χ1) is 17.2. The number of carbonyl (C=O) groups excluding carboxylic acids is 1. The Labute approximate surface area is 219 Å². The number of hydrogen-bond acceptors (Lipinski definition) is 3. The molecule has 3 aromatic carbocycles. The summed E-state index contributed by atoms with van der Waals surface area (Å²) in [6, 6.07) is 17.9. The van der Waals surface area contributed by atoms with E-state index in [1.165, 1.54) is 24.0 Å². The van der Waals surface area contributed by atoms with Crippen LogP contribution in [0.1, 0.15) is 60.0 Å². The standard InChI is InChI=1S/C29H33ClN2O3S/c1-4-27(24-13-12-22-7-5-6-8-23(22)17-24)31-29(33)19-32(28-18-25(30)14-11-21(28)3)36(34,35)26-15-9-20(2)10-16-26/h9-18,27H,4-8,19H2,1-3H3,(H,31,33). The van der Waals surface area contributed by atoms with Crippen molar-refractivity contribution in [2.75, 3.05) is 10.8 Å². The summed E-state index contributed by atoms with van der Waals surface area (Å²) in [4.78, 5) is 13.5. The molecule has 36 heavy (non-hydrogen) atoms. The van der Waals surface area contributed by atoms with E-state index in [4.69, 9.17) is 11.6 Å². The predicted octanol–water partition coefficient (Wildman–Crippen LogP) is 6.30. The number of anilines is 1. The van der Waals surface area contributed by atoms with E-state index in [1.54, 1.807) is 42.5 Å². The molecule has 0 heterocycles. The SMILES string of the molecule is CCC(NC(=O)CN(c1cc(Cl)ccc1C)S(=O)(=O)c1ccc(C)cc1)c1ccc2c(c1)CCCC2. The van der Waals surface area contributed by atoms with Crippen molar-refractivity contribution in [1.29, 1.82) is 0 Å². The van der Waals surface area contributed by atoms with Gasteiger partial charge in [0.05, 0.1) is 16.6 Å². The highest BCUT2D eigenvalue weighted by Crippen LogP contribution is 2.30. The zero-order valence-electron chi connectivity index (χ0n) is 21.1. The number of nitrogens with zero attached hydrogens (tertiary/aromatic N) is 1. The number of carbonyl (C=O) groups is 1. The van der Waals surface area contributed by atoms with E-state index in [1.807, 2.05) is 20.8 Å². The Morgan fingerprint density at radius 3 is 2.36 bits per heavy atom. The minimum Gasteiger partial charge on any atom is -0.348 e. The van der Waals surface area contributed by atoms with E-state index in [0.717, 1.165) is 28.3 Å². The summed E-state index contributed by atoms with van der Waals surface area (Å²) >= 11 is 6.24. The van der Waals surface area contributed by atoms with Crippen molar-refractivity contribution in [3.63, 3.8) is 0 Å². The fourth-order valence-corrected chi connectivity index (χ4v) is 6.39. The molecule has 1 amide bonds. The van der Waals surface area contributed by atoms with E-state index < -0.39 is 10.0 Å². The zero-order valence-corrected chi connectivity index (χ0v) is 22.6. The Morgan fingerprint density at radius 1 is 0.972 bits per heavy atom. The number of benzene rings is 3. The maximum atomic E-state index is 13.7. The van der Waals surface area contributed by atoms with Gasteiger partial charge in [-0.15, -0.1) is 0 Å². The third-order valence-electron chi connectivity index (χ3n) is 6.85. The van der Waals surface area contributed by atoms with Crippen molar-refractivity contribution in [2.45, 2.75) is 63.8 Å². The van der Waals surface area contributed by atoms with Crippen LogP contribution in [0.15, 0.2) is 65.6 Å². The minimum absolute atomic E-state index is 0.127. The van der Waals surface area contributed by atoms with Crippen molar-refractivity contribution in [2.24, 2.45) is 0 Å². The molecule has 0 aliphatic heterocycles. The number of fused-ring (bicyclic) bond motifs is 1. The summed E-state index contributed by atoms with van der Waals surface area (Å²) in [5, 5.41) is 3.48. The van der Waals surface area contributed by atoms with Crippen molar-refractivity contribution < 1.29 is 13.2 Å². The second-order valence-corrected chi connectivity index (χ2v) is 11.8. The van der Waals surface area contributed by atoms with Crippen LogP contribution in [0.4, 0.5) is 5.69 Å². The van der Waals surface area contributed by atoms with Gasteiger partial charge in [-0.25, -0.2) is 8.42 Å². The van der Waals surface area contributed by atoms with Gasteiger partial charge in [-0.05, 0) is 92.5 Å². The minimum atomic E-state index is -4.01. The van der Waals surface area contributed by atoms with Gasteiger partial charge in [-0.1, -0.05) is 60.5 Å². The van der Waals surface area contributed by atoms with Gasteiger partial charge in [-0.3, -0.25) is 9.10 Å². The van der Waals surface area contributed by atoms with Crippen molar-refractivity contribution in [3.8, 4) is 0 Å². The number of halogens is 1. The van der Waals surface area contributed by atoms with Gasteiger partial charge < -0.3 is 5.32 Å². The summed E-state index contributed by atoms with van der Waals surface area (Å²) in [7, 11) is -4.01. The molecule has 1 unspecified atom stereocenters. The molecule has 190 valence electrons. The number of nitrogens with one attached hydrogen (secondary N) is 1. The molecule has 3 aromatic rings. The van der Waals surface area contributed by atoms with Gasteiger partial charge in [0.1, 0.15) is 6.54 Å². The molecule has 1 N–H and O–H groups in total. The highest BCUT2D eigenvalue weighted by atomic mass is 35.5. The maximum absolute atomic E-state index is 13.7. The molecular weight excluding hydrogens is 492 g/mol. The normalized spacial score (nSPS) is 14.1. The van der Waals surface area contributed by atoms with Gasteiger partial charge in [0.15, 0.2) is 0 Å². The van der Waals surface area contributed by atoms with E-state index in [-0.39, 0.29) is 23.4 Å². The Bertz CT molecular complexity index is 1350. The lowest BCUT2D eigenvalue weighted by Crippen LogP contribution is -2.42. The number of sulfonamides is 1. The number of rotatable bonds is 8. The predicted molar refractivity (Wildman–Crippen MR) is 146 cm³/mol. The molecule has 7 heteroatoms.